The zero-order valence-corrected chi connectivity index (χ0v) is 18.9. The van der Waals surface area contributed by atoms with Gasteiger partial charge in [0.05, 0.1) is 18.1 Å². The maximum atomic E-state index is 12.9. The summed E-state index contributed by atoms with van der Waals surface area (Å²) in [6.45, 7) is 6.32. The third-order valence-electron chi connectivity index (χ3n) is 5.20. The van der Waals surface area contributed by atoms with Gasteiger partial charge in [0.1, 0.15) is 17.6 Å². The predicted molar refractivity (Wildman–Crippen MR) is 126 cm³/mol. The first-order valence-electron chi connectivity index (χ1n) is 10.5. The number of hydrogen-bond acceptors (Lipinski definition) is 6. The van der Waals surface area contributed by atoms with Gasteiger partial charge in [-0.1, -0.05) is 45.0 Å². The van der Waals surface area contributed by atoms with Crippen molar-refractivity contribution in [3.63, 3.8) is 0 Å². The molecule has 0 aliphatic heterocycles. The van der Waals surface area contributed by atoms with Crippen LogP contribution in [0.5, 0.6) is 23.0 Å². The summed E-state index contributed by atoms with van der Waals surface area (Å²) >= 11 is 0. The minimum atomic E-state index is -0.492. The van der Waals surface area contributed by atoms with Crippen LogP contribution in [-0.4, -0.2) is 13.1 Å². The van der Waals surface area contributed by atoms with Gasteiger partial charge >= 0.3 is 5.97 Å². The molecule has 0 saturated carbocycles. The van der Waals surface area contributed by atoms with Gasteiger partial charge in [-0.15, -0.1) is 0 Å². The van der Waals surface area contributed by atoms with Gasteiger partial charge in [0, 0.05) is 6.07 Å². The third-order valence-corrected chi connectivity index (χ3v) is 5.20. The number of rotatable bonds is 5. The Bertz CT molecular complexity index is 1360. The Morgan fingerprint density at radius 1 is 0.879 bits per heavy atom. The SMILES string of the molecule is COc1ccccc1Oc1coc2cc(OC(=O)c3ccc(C(C)(C)C)cc3)ccc2c1=O. The van der Waals surface area contributed by atoms with Crippen molar-refractivity contribution in [2.75, 3.05) is 7.11 Å². The summed E-state index contributed by atoms with van der Waals surface area (Å²) in [5, 5.41) is 0.303. The van der Waals surface area contributed by atoms with E-state index >= 15 is 0 Å². The van der Waals surface area contributed by atoms with Crippen LogP contribution in [0.15, 0.2) is 82.2 Å². The summed E-state index contributed by atoms with van der Waals surface area (Å²) in [5.41, 5.74) is 1.48. The highest BCUT2D eigenvalue weighted by Crippen LogP contribution is 2.31. The highest BCUT2D eigenvalue weighted by Gasteiger charge is 2.16. The summed E-state index contributed by atoms with van der Waals surface area (Å²) in [6.07, 6.45) is 1.23. The van der Waals surface area contributed by atoms with Crippen molar-refractivity contribution in [2.24, 2.45) is 0 Å². The predicted octanol–water partition coefficient (Wildman–Crippen LogP) is 6.11. The topological polar surface area (TPSA) is 75.0 Å². The number of methoxy groups -OCH3 is 1. The molecule has 0 unspecified atom stereocenters. The molecule has 1 aromatic heterocycles. The zero-order valence-electron chi connectivity index (χ0n) is 18.9. The minimum Gasteiger partial charge on any atom is -0.493 e. The van der Waals surface area contributed by atoms with Crippen molar-refractivity contribution in [1.29, 1.82) is 0 Å². The molecule has 0 spiro atoms. The van der Waals surface area contributed by atoms with Crippen LogP contribution in [0.2, 0.25) is 0 Å². The standard InChI is InChI=1S/C27H24O6/c1-27(2,3)18-11-9-17(10-12-18)26(29)32-19-13-14-20-23(15-19)31-16-24(25(20)28)33-22-8-6-5-7-21(22)30-4/h5-16H,1-4H3. The van der Waals surface area contributed by atoms with Gasteiger partial charge in [0.15, 0.2) is 11.5 Å². The van der Waals surface area contributed by atoms with Crippen molar-refractivity contribution in [2.45, 2.75) is 26.2 Å². The van der Waals surface area contributed by atoms with Crippen LogP contribution >= 0.6 is 0 Å². The van der Waals surface area contributed by atoms with E-state index in [9.17, 15) is 9.59 Å². The Morgan fingerprint density at radius 2 is 1.58 bits per heavy atom. The molecule has 6 nitrogen and oxygen atoms in total. The minimum absolute atomic E-state index is 0.00741. The molecule has 6 heteroatoms. The van der Waals surface area contributed by atoms with Crippen LogP contribution in [0.4, 0.5) is 0 Å². The third kappa shape index (κ3) is 4.75. The molecular weight excluding hydrogens is 420 g/mol. The van der Waals surface area contributed by atoms with Crippen molar-refractivity contribution >= 4 is 16.9 Å². The average Bonchev–Trinajstić information content (AvgIpc) is 2.80. The Kier molecular flexibility index (Phi) is 5.92. The Hall–Kier alpha value is -4.06. The molecule has 33 heavy (non-hydrogen) atoms. The maximum absolute atomic E-state index is 12.9. The number of benzene rings is 3. The summed E-state index contributed by atoms with van der Waals surface area (Å²) in [6, 6.07) is 18.9. The lowest BCUT2D eigenvalue weighted by atomic mass is 9.87. The van der Waals surface area contributed by atoms with Gasteiger partial charge in [-0.25, -0.2) is 4.79 Å². The van der Waals surface area contributed by atoms with E-state index < -0.39 is 5.97 Å². The van der Waals surface area contributed by atoms with Crippen molar-refractivity contribution < 1.29 is 23.4 Å². The zero-order chi connectivity index (χ0) is 23.6. The van der Waals surface area contributed by atoms with Gasteiger partial charge in [-0.3, -0.25) is 4.79 Å². The molecule has 0 radical (unpaired) electrons. The summed E-state index contributed by atoms with van der Waals surface area (Å²) < 4.78 is 22.0. The molecule has 3 aromatic carbocycles. The normalized spacial score (nSPS) is 11.3. The fraction of sp³-hybridized carbons (Fsp3) is 0.185. The molecule has 0 saturated heterocycles. The molecule has 4 aromatic rings. The fourth-order valence-corrected chi connectivity index (χ4v) is 3.32. The smallest absolute Gasteiger partial charge is 0.343 e. The van der Waals surface area contributed by atoms with Gasteiger partial charge in [-0.05, 0) is 47.4 Å². The lowest BCUT2D eigenvalue weighted by molar-refractivity contribution is 0.0735. The second kappa shape index (κ2) is 8.82. The second-order valence-corrected chi connectivity index (χ2v) is 8.56. The molecular formula is C27H24O6. The number of hydrogen-bond donors (Lipinski definition) is 0. The first-order valence-corrected chi connectivity index (χ1v) is 10.5. The fourth-order valence-electron chi connectivity index (χ4n) is 3.32. The Labute approximate surface area is 191 Å². The second-order valence-electron chi connectivity index (χ2n) is 8.56. The van der Waals surface area contributed by atoms with E-state index in [-0.39, 0.29) is 27.9 Å². The lowest BCUT2D eigenvalue weighted by Crippen LogP contribution is -2.13. The molecule has 0 aliphatic rings. The van der Waals surface area contributed by atoms with Gasteiger partial charge < -0.3 is 18.6 Å². The number of fused-ring (bicyclic) bond motifs is 1. The van der Waals surface area contributed by atoms with Gasteiger partial charge in [0.2, 0.25) is 11.2 Å². The van der Waals surface area contributed by atoms with E-state index in [2.05, 4.69) is 20.8 Å². The molecule has 0 amide bonds. The van der Waals surface area contributed by atoms with Crippen LogP contribution in [0.3, 0.4) is 0 Å². The summed E-state index contributed by atoms with van der Waals surface area (Å²) in [7, 11) is 1.52. The van der Waals surface area contributed by atoms with E-state index in [0.29, 0.717) is 22.4 Å². The number of carbonyl (C=O) groups is 1. The molecule has 0 bridgehead atoms. The maximum Gasteiger partial charge on any atom is 0.343 e. The molecule has 0 atom stereocenters. The number of carbonyl (C=O) groups excluding carboxylic acids is 1. The van der Waals surface area contributed by atoms with Crippen LogP contribution in [0.1, 0.15) is 36.7 Å². The first kappa shape index (κ1) is 22.1. The average molecular weight is 444 g/mol. The first-order chi connectivity index (χ1) is 15.8. The van der Waals surface area contributed by atoms with Crippen molar-refractivity contribution in [3.8, 4) is 23.0 Å². The highest BCUT2D eigenvalue weighted by atomic mass is 16.5. The van der Waals surface area contributed by atoms with Crippen LogP contribution in [-0.2, 0) is 5.41 Å². The lowest BCUT2D eigenvalue weighted by Gasteiger charge is -2.18. The number of para-hydroxylation sites is 2. The van der Waals surface area contributed by atoms with E-state index in [4.69, 9.17) is 18.6 Å². The van der Waals surface area contributed by atoms with Gasteiger partial charge in [-0.2, -0.15) is 0 Å². The molecule has 0 fully saturated rings. The Morgan fingerprint density at radius 3 is 2.24 bits per heavy atom. The summed E-state index contributed by atoms with van der Waals surface area (Å²) in [5.74, 6) is 0.697. The van der Waals surface area contributed by atoms with Crippen LogP contribution in [0.25, 0.3) is 11.0 Å². The molecule has 0 aliphatic carbocycles. The summed E-state index contributed by atoms with van der Waals surface area (Å²) in [4.78, 5) is 25.4. The molecule has 4 rings (SSSR count). The van der Waals surface area contributed by atoms with Crippen molar-refractivity contribution in [3.05, 3.63) is 94.3 Å². The van der Waals surface area contributed by atoms with Gasteiger partial charge in [0.25, 0.3) is 0 Å². The van der Waals surface area contributed by atoms with Crippen LogP contribution in [0, 0.1) is 0 Å². The number of esters is 1. The quantitative estimate of drug-likeness (QED) is 0.273. The molecule has 0 N–H and O–H groups in total. The molecule has 1 heterocycles. The van der Waals surface area contributed by atoms with E-state index in [0.717, 1.165) is 5.56 Å². The number of ether oxygens (including phenoxy) is 3. The monoisotopic (exact) mass is 444 g/mol. The molecule has 168 valence electrons. The van der Waals surface area contributed by atoms with Crippen LogP contribution < -0.4 is 19.6 Å². The highest BCUT2D eigenvalue weighted by molar-refractivity contribution is 5.91. The van der Waals surface area contributed by atoms with E-state index in [1.807, 2.05) is 12.1 Å². The van der Waals surface area contributed by atoms with E-state index in [1.54, 1.807) is 48.5 Å². The largest absolute Gasteiger partial charge is 0.493 e. The van der Waals surface area contributed by atoms with E-state index in [1.165, 1.54) is 19.4 Å². The Balaban J connectivity index is 1.56. The van der Waals surface area contributed by atoms with Crippen molar-refractivity contribution in [1.82, 2.24) is 0 Å².